The fraction of sp³-hybridized carbons (Fsp3) is 0.167. The first-order valence-electron chi connectivity index (χ1n) is 9.77. The molecule has 0 saturated carbocycles. The summed E-state index contributed by atoms with van der Waals surface area (Å²) in [6.07, 6.45) is 7.15. The number of unbranched alkanes of at least 4 members (excludes halogenated alkanes) is 1. The molecule has 0 aliphatic rings. The van der Waals surface area contributed by atoms with Gasteiger partial charge in [0.05, 0.1) is 10.7 Å². The molecule has 0 atom stereocenters. The Balaban J connectivity index is 1.45. The number of anilines is 1. The zero-order valence-electron chi connectivity index (χ0n) is 16.2. The van der Waals surface area contributed by atoms with Crippen LogP contribution < -0.4 is 5.32 Å². The van der Waals surface area contributed by atoms with Crippen LogP contribution in [0.3, 0.4) is 0 Å². The van der Waals surface area contributed by atoms with Crippen molar-refractivity contribution in [2.24, 2.45) is 0 Å². The van der Waals surface area contributed by atoms with Crippen molar-refractivity contribution < 1.29 is 4.79 Å². The quantitative estimate of drug-likeness (QED) is 0.413. The highest BCUT2D eigenvalue weighted by Crippen LogP contribution is 2.22. The zero-order valence-corrected chi connectivity index (χ0v) is 17.0. The summed E-state index contributed by atoms with van der Waals surface area (Å²) in [5, 5.41) is 3.62. The van der Waals surface area contributed by atoms with Crippen LogP contribution in [0.4, 0.5) is 5.69 Å². The molecule has 1 amide bonds. The van der Waals surface area contributed by atoms with E-state index in [1.54, 1.807) is 0 Å². The molecule has 0 aliphatic heterocycles. The van der Waals surface area contributed by atoms with Gasteiger partial charge >= 0.3 is 0 Å². The first-order chi connectivity index (χ1) is 14.1. The molecule has 0 fully saturated rings. The van der Waals surface area contributed by atoms with Crippen LogP contribution in [0, 0.1) is 0 Å². The van der Waals surface area contributed by atoms with Crippen LogP contribution in [0.5, 0.6) is 0 Å². The number of aromatic nitrogens is 2. The summed E-state index contributed by atoms with van der Waals surface area (Å²) in [6.45, 7) is 2.18. The van der Waals surface area contributed by atoms with E-state index in [1.807, 2.05) is 77.5 Å². The van der Waals surface area contributed by atoms with Crippen LogP contribution in [0.1, 0.15) is 35.7 Å². The fourth-order valence-electron chi connectivity index (χ4n) is 3.24. The maximum atomic E-state index is 12.5. The minimum atomic E-state index is -0.109. The molecule has 2 heterocycles. The first-order valence-corrected chi connectivity index (χ1v) is 10.1. The van der Waals surface area contributed by atoms with E-state index in [4.69, 9.17) is 11.6 Å². The Morgan fingerprint density at radius 3 is 2.48 bits per heavy atom. The number of nitrogens with zero attached hydrogens (tertiary/aromatic N) is 2. The van der Waals surface area contributed by atoms with E-state index < -0.39 is 0 Å². The van der Waals surface area contributed by atoms with Gasteiger partial charge in [-0.05, 0) is 54.8 Å². The number of nitrogens with one attached hydrogen (secondary N) is 1. The molecular formula is C24H22ClN3O. The molecule has 0 saturated heterocycles. The lowest BCUT2D eigenvalue weighted by atomic mass is 10.1. The van der Waals surface area contributed by atoms with Crippen molar-refractivity contribution in [1.82, 2.24) is 9.38 Å². The monoisotopic (exact) mass is 403 g/mol. The Morgan fingerprint density at radius 2 is 1.76 bits per heavy atom. The van der Waals surface area contributed by atoms with Crippen LogP contribution in [0.2, 0.25) is 5.02 Å². The predicted octanol–water partition coefficient (Wildman–Crippen LogP) is 6.25. The van der Waals surface area contributed by atoms with Gasteiger partial charge in [-0.3, -0.25) is 4.79 Å². The van der Waals surface area contributed by atoms with Crippen molar-refractivity contribution in [3.63, 3.8) is 0 Å². The van der Waals surface area contributed by atoms with Gasteiger partial charge in [-0.15, -0.1) is 0 Å². The molecule has 0 bridgehead atoms. The van der Waals surface area contributed by atoms with Gasteiger partial charge in [-0.1, -0.05) is 49.2 Å². The molecule has 1 N–H and O–H groups in total. The lowest BCUT2D eigenvalue weighted by Gasteiger charge is -2.07. The Morgan fingerprint density at radius 1 is 1.00 bits per heavy atom. The number of benzene rings is 2. The second-order valence-corrected chi connectivity index (χ2v) is 7.51. The molecular weight excluding hydrogens is 382 g/mol. The summed E-state index contributed by atoms with van der Waals surface area (Å²) in [5.74, 6) is -0.109. The van der Waals surface area contributed by atoms with Crippen LogP contribution >= 0.6 is 11.6 Å². The normalized spacial score (nSPS) is 11.0. The highest BCUT2D eigenvalue weighted by molar-refractivity contribution is 6.30. The van der Waals surface area contributed by atoms with E-state index in [0.29, 0.717) is 10.6 Å². The Labute approximate surface area is 175 Å². The van der Waals surface area contributed by atoms with Crippen molar-refractivity contribution in [2.75, 3.05) is 5.32 Å². The smallest absolute Gasteiger partial charge is 0.255 e. The van der Waals surface area contributed by atoms with Crippen molar-refractivity contribution in [1.29, 1.82) is 0 Å². The third-order valence-electron chi connectivity index (χ3n) is 4.89. The highest BCUT2D eigenvalue weighted by Gasteiger charge is 2.08. The largest absolute Gasteiger partial charge is 0.322 e. The maximum absolute atomic E-state index is 12.5. The van der Waals surface area contributed by atoms with Gasteiger partial charge < -0.3 is 9.72 Å². The van der Waals surface area contributed by atoms with E-state index >= 15 is 0 Å². The average molecular weight is 404 g/mol. The predicted molar refractivity (Wildman–Crippen MR) is 119 cm³/mol. The first kappa shape index (κ1) is 19.2. The summed E-state index contributed by atoms with van der Waals surface area (Å²) in [7, 11) is 0. The average Bonchev–Trinajstić information content (AvgIpc) is 3.16. The van der Waals surface area contributed by atoms with E-state index in [2.05, 4.69) is 17.2 Å². The number of pyridine rings is 1. The molecule has 2 aromatic carbocycles. The topological polar surface area (TPSA) is 46.4 Å². The minimum Gasteiger partial charge on any atom is -0.322 e. The van der Waals surface area contributed by atoms with E-state index in [-0.39, 0.29) is 5.91 Å². The number of amides is 1. The van der Waals surface area contributed by atoms with E-state index in [0.717, 1.165) is 35.4 Å². The maximum Gasteiger partial charge on any atom is 0.255 e. The van der Waals surface area contributed by atoms with E-state index in [1.165, 1.54) is 12.0 Å². The highest BCUT2D eigenvalue weighted by atomic mass is 35.5. The lowest BCUT2D eigenvalue weighted by molar-refractivity contribution is 0.102. The van der Waals surface area contributed by atoms with Crippen LogP contribution in [-0.2, 0) is 6.42 Å². The summed E-state index contributed by atoms with van der Waals surface area (Å²) < 4.78 is 1.90. The van der Waals surface area contributed by atoms with Crippen molar-refractivity contribution in [3.05, 3.63) is 89.2 Å². The number of imidazole rings is 1. The second kappa shape index (κ2) is 8.50. The van der Waals surface area contributed by atoms with E-state index in [9.17, 15) is 4.79 Å². The van der Waals surface area contributed by atoms with Gasteiger partial charge in [0, 0.05) is 29.2 Å². The summed E-state index contributed by atoms with van der Waals surface area (Å²) >= 11 is 6.04. The Kier molecular flexibility index (Phi) is 5.63. The fourth-order valence-corrected chi connectivity index (χ4v) is 3.40. The lowest BCUT2D eigenvalue weighted by Crippen LogP contribution is -2.11. The van der Waals surface area contributed by atoms with Crippen molar-refractivity contribution in [2.45, 2.75) is 26.2 Å². The van der Waals surface area contributed by atoms with Gasteiger partial charge in [-0.2, -0.15) is 0 Å². The Hall–Kier alpha value is -3.11. The number of hydrogen-bond donors (Lipinski definition) is 1. The Bertz CT molecular complexity index is 1130. The molecule has 0 radical (unpaired) electrons. The molecule has 0 aliphatic carbocycles. The van der Waals surface area contributed by atoms with Crippen molar-refractivity contribution in [3.8, 4) is 11.3 Å². The number of carbonyl (C=O) groups is 1. The third-order valence-corrected chi connectivity index (χ3v) is 5.11. The molecule has 4 nitrogen and oxygen atoms in total. The molecule has 0 spiro atoms. The molecule has 4 rings (SSSR count). The molecule has 29 heavy (non-hydrogen) atoms. The summed E-state index contributed by atoms with van der Waals surface area (Å²) in [4.78, 5) is 17.1. The number of rotatable bonds is 6. The molecule has 146 valence electrons. The van der Waals surface area contributed by atoms with Gasteiger partial charge in [0.1, 0.15) is 5.65 Å². The van der Waals surface area contributed by atoms with Gasteiger partial charge in [0.2, 0.25) is 0 Å². The summed E-state index contributed by atoms with van der Waals surface area (Å²) in [6, 6.07) is 19.2. The molecule has 5 heteroatoms. The third kappa shape index (κ3) is 4.49. The second-order valence-electron chi connectivity index (χ2n) is 7.07. The van der Waals surface area contributed by atoms with Crippen LogP contribution in [-0.4, -0.2) is 15.3 Å². The number of fused-ring (bicyclic) bond motifs is 1. The van der Waals surface area contributed by atoms with Gasteiger partial charge in [0.15, 0.2) is 0 Å². The van der Waals surface area contributed by atoms with Gasteiger partial charge in [-0.25, -0.2) is 4.98 Å². The number of halogens is 1. The van der Waals surface area contributed by atoms with Crippen molar-refractivity contribution >= 4 is 28.8 Å². The number of hydrogen-bond acceptors (Lipinski definition) is 2. The molecule has 0 unspecified atom stereocenters. The van der Waals surface area contributed by atoms with Gasteiger partial charge in [0.25, 0.3) is 5.91 Å². The number of aryl methyl sites for hydroxylation is 1. The number of carbonyl (C=O) groups excluding carboxylic acids is 1. The summed E-state index contributed by atoms with van der Waals surface area (Å²) in [5.41, 5.74) is 5.34. The van der Waals surface area contributed by atoms with Crippen LogP contribution in [0.15, 0.2) is 73.1 Å². The molecule has 4 aromatic rings. The molecule has 2 aromatic heterocycles. The minimum absolute atomic E-state index is 0.109. The zero-order chi connectivity index (χ0) is 20.2. The van der Waals surface area contributed by atoms with Crippen LogP contribution in [0.25, 0.3) is 16.9 Å². The standard InChI is InChI=1S/C24H22ClN3O/c1-2-3-4-17-5-7-19(8-6-17)24(29)26-21-12-9-18(10-13-21)22-16-28-15-20(25)11-14-23(28)27-22/h5-16H,2-4H2,1H3,(H,26,29). The SMILES string of the molecule is CCCCc1ccc(C(=O)Nc2ccc(-c3cn4cc(Cl)ccc4n3)cc2)cc1.